The molecule has 3 rings (SSSR count). The van der Waals surface area contributed by atoms with Crippen LogP contribution in [0.1, 0.15) is 15.9 Å². The van der Waals surface area contributed by atoms with Crippen molar-refractivity contribution >= 4 is 16.6 Å². The lowest BCUT2D eigenvalue weighted by Crippen LogP contribution is -2.00. The van der Waals surface area contributed by atoms with Crippen LogP contribution in [0, 0.1) is 0 Å². The van der Waals surface area contributed by atoms with Gasteiger partial charge >= 0.3 is 0 Å². The first-order chi connectivity index (χ1) is 9.78. The number of carbonyl (C=O) groups is 1. The number of benzene rings is 3. The highest BCUT2D eigenvalue weighted by molar-refractivity contribution is 6.10. The first-order valence-electron chi connectivity index (χ1n) is 6.45. The number of ketones is 1. The van der Waals surface area contributed by atoms with Gasteiger partial charge in [-0.2, -0.15) is 0 Å². The highest BCUT2D eigenvalue weighted by Gasteiger charge is 2.09. The molecule has 0 aliphatic rings. The van der Waals surface area contributed by atoms with Crippen LogP contribution in [0.4, 0.5) is 0 Å². The number of ether oxygens (including phenoxy) is 1. The minimum Gasteiger partial charge on any atom is -0.497 e. The Morgan fingerprint density at radius 3 is 2.30 bits per heavy atom. The average molecular weight is 262 g/mol. The molecule has 2 nitrogen and oxygen atoms in total. The van der Waals surface area contributed by atoms with Crippen molar-refractivity contribution in [3.8, 4) is 5.75 Å². The van der Waals surface area contributed by atoms with Crippen LogP contribution >= 0.6 is 0 Å². The summed E-state index contributed by atoms with van der Waals surface area (Å²) in [6, 6.07) is 20.9. The number of hydrogen-bond acceptors (Lipinski definition) is 2. The molecule has 98 valence electrons. The second-order valence-electron chi connectivity index (χ2n) is 4.62. The lowest BCUT2D eigenvalue weighted by Gasteiger charge is -2.05. The summed E-state index contributed by atoms with van der Waals surface area (Å²) in [5.41, 5.74) is 1.40. The Bertz CT molecular complexity index is 761. The van der Waals surface area contributed by atoms with Gasteiger partial charge in [-0.15, -0.1) is 0 Å². The molecule has 0 saturated carbocycles. The maximum Gasteiger partial charge on any atom is 0.193 e. The second kappa shape index (κ2) is 5.17. The Labute approximate surface area is 117 Å². The molecule has 0 bridgehead atoms. The molecule has 20 heavy (non-hydrogen) atoms. The molecule has 0 aliphatic carbocycles. The SMILES string of the molecule is COc1ccc2ccc(C(=O)c3ccccc3)cc2c1. The third kappa shape index (κ3) is 2.28. The number of hydrogen-bond donors (Lipinski definition) is 0. The Kier molecular flexibility index (Phi) is 3.21. The monoisotopic (exact) mass is 262 g/mol. The third-order valence-electron chi connectivity index (χ3n) is 3.35. The van der Waals surface area contributed by atoms with Crippen LogP contribution in [0.2, 0.25) is 0 Å². The molecule has 3 aromatic carbocycles. The lowest BCUT2D eigenvalue weighted by molar-refractivity contribution is 0.103. The molecule has 0 aromatic heterocycles. The summed E-state index contributed by atoms with van der Waals surface area (Å²) in [5.74, 6) is 0.831. The van der Waals surface area contributed by atoms with Crippen LogP contribution in [0.5, 0.6) is 5.75 Å². The van der Waals surface area contributed by atoms with E-state index in [-0.39, 0.29) is 5.78 Å². The van der Waals surface area contributed by atoms with Crippen molar-refractivity contribution in [2.24, 2.45) is 0 Å². The quantitative estimate of drug-likeness (QED) is 0.665. The Morgan fingerprint density at radius 2 is 1.55 bits per heavy atom. The van der Waals surface area contributed by atoms with Crippen LogP contribution in [-0.2, 0) is 0 Å². The molecule has 0 radical (unpaired) electrons. The molecule has 0 N–H and O–H groups in total. The number of rotatable bonds is 3. The van der Waals surface area contributed by atoms with Crippen LogP contribution in [-0.4, -0.2) is 12.9 Å². The maximum absolute atomic E-state index is 12.4. The second-order valence-corrected chi connectivity index (χ2v) is 4.62. The highest BCUT2D eigenvalue weighted by atomic mass is 16.5. The van der Waals surface area contributed by atoms with Gasteiger partial charge in [0.15, 0.2) is 5.78 Å². The first-order valence-corrected chi connectivity index (χ1v) is 6.45. The Balaban J connectivity index is 2.06. The van der Waals surface area contributed by atoms with Crippen molar-refractivity contribution in [1.29, 1.82) is 0 Å². The fraction of sp³-hybridized carbons (Fsp3) is 0.0556. The maximum atomic E-state index is 12.4. The van der Waals surface area contributed by atoms with E-state index in [1.54, 1.807) is 7.11 Å². The predicted molar refractivity (Wildman–Crippen MR) is 80.4 cm³/mol. The van der Waals surface area contributed by atoms with Gasteiger partial charge in [-0.25, -0.2) is 0 Å². The minimum atomic E-state index is 0.0373. The van der Waals surface area contributed by atoms with E-state index < -0.39 is 0 Å². The fourth-order valence-corrected chi connectivity index (χ4v) is 2.25. The Hall–Kier alpha value is -2.61. The molecule has 3 aromatic rings. The van der Waals surface area contributed by atoms with E-state index in [4.69, 9.17) is 4.74 Å². The highest BCUT2D eigenvalue weighted by Crippen LogP contribution is 2.23. The molecule has 0 fully saturated rings. The predicted octanol–water partition coefficient (Wildman–Crippen LogP) is 4.08. The molecule has 0 heterocycles. The van der Waals surface area contributed by atoms with E-state index in [0.29, 0.717) is 11.1 Å². The van der Waals surface area contributed by atoms with E-state index in [0.717, 1.165) is 16.5 Å². The van der Waals surface area contributed by atoms with Gasteiger partial charge < -0.3 is 4.74 Å². The molecule has 0 saturated heterocycles. The lowest BCUT2D eigenvalue weighted by atomic mass is 10.00. The van der Waals surface area contributed by atoms with E-state index in [9.17, 15) is 4.79 Å². The summed E-state index contributed by atoms with van der Waals surface area (Å²) in [6.45, 7) is 0. The van der Waals surface area contributed by atoms with Crippen molar-refractivity contribution in [1.82, 2.24) is 0 Å². The van der Waals surface area contributed by atoms with Crippen molar-refractivity contribution in [3.05, 3.63) is 77.9 Å². The third-order valence-corrected chi connectivity index (χ3v) is 3.35. The van der Waals surface area contributed by atoms with Gasteiger partial charge in [0.1, 0.15) is 5.75 Å². The van der Waals surface area contributed by atoms with E-state index in [1.807, 2.05) is 66.7 Å². The molecule has 0 amide bonds. The van der Waals surface area contributed by atoms with Crippen molar-refractivity contribution in [2.45, 2.75) is 0 Å². The zero-order chi connectivity index (χ0) is 13.9. The smallest absolute Gasteiger partial charge is 0.193 e. The normalized spacial score (nSPS) is 10.4. The van der Waals surface area contributed by atoms with Crippen LogP contribution in [0.15, 0.2) is 66.7 Å². The number of methoxy groups -OCH3 is 1. The van der Waals surface area contributed by atoms with Gasteiger partial charge in [0, 0.05) is 11.1 Å². The zero-order valence-corrected chi connectivity index (χ0v) is 11.2. The zero-order valence-electron chi connectivity index (χ0n) is 11.2. The van der Waals surface area contributed by atoms with Gasteiger partial charge in [0.05, 0.1) is 7.11 Å². The van der Waals surface area contributed by atoms with Gasteiger partial charge in [-0.1, -0.05) is 48.5 Å². The molecule has 0 aliphatic heterocycles. The molecule has 0 spiro atoms. The summed E-state index contributed by atoms with van der Waals surface area (Å²) < 4.78 is 5.22. The molecule has 2 heteroatoms. The summed E-state index contributed by atoms with van der Waals surface area (Å²) in [5, 5.41) is 2.10. The molecule has 0 atom stereocenters. The van der Waals surface area contributed by atoms with Crippen LogP contribution < -0.4 is 4.74 Å². The van der Waals surface area contributed by atoms with Crippen molar-refractivity contribution < 1.29 is 9.53 Å². The number of carbonyl (C=O) groups excluding carboxylic acids is 1. The summed E-state index contributed by atoms with van der Waals surface area (Å²) in [7, 11) is 1.64. The molecule has 0 unspecified atom stereocenters. The first kappa shape index (κ1) is 12.4. The van der Waals surface area contributed by atoms with E-state index in [1.165, 1.54) is 0 Å². The van der Waals surface area contributed by atoms with Crippen molar-refractivity contribution in [2.75, 3.05) is 7.11 Å². The summed E-state index contributed by atoms with van der Waals surface area (Å²) in [4.78, 5) is 12.4. The largest absolute Gasteiger partial charge is 0.497 e. The van der Waals surface area contributed by atoms with Crippen LogP contribution in [0.25, 0.3) is 10.8 Å². The fourth-order valence-electron chi connectivity index (χ4n) is 2.25. The van der Waals surface area contributed by atoms with E-state index in [2.05, 4.69) is 0 Å². The van der Waals surface area contributed by atoms with Gasteiger partial charge in [0.2, 0.25) is 0 Å². The summed E-state index contributed by atoms with van der Waals surface area (Å²) >= 11 is 0. The summed E-state index contributed by atoms with van der Waals surface area (Å²) in [6.07, 6.45) is 0. The van der Waals surface area contributed by atoms with Crippen LogP contribution in [0.3, 0.4) is 0 Å². The van der Waals surface area contributed by atoms with Crippen molar-refractivity contribution in [3.63, 3.8) is 0 Å². The molecular weight excluding hydrogens is 248 g/mol. The van der Waals surface area contributed by atoms with Gasteiger partial charge in [-0.05, 0) is 29.0 Å². The molecular formula is C18H14O2. The number of fused-ring (bicyclic) bond motifs is 1. The van der Waals surface area contributed by atoms with E-state index >= 15 is 0 Å². The topological polar surface area (TPSA) is 26.3 Å². The van der Waals surface area contributed by atoms with Gasteiger partial charge in [-0.3, -0.25) is 4.79 Å². The Morgan fingerprint density at radius 1 is 0.800 bits per heavy atom. The standard InChI is InChI=1S/C18H14O2/c1-20-17-10-9-13-7-8-15(11-16(13)12-17)18(19)14-5-3-2-4-6-14/h2-12H,1H3. The minimum absolute atomic E-state index is 0.0373. The van der Waals surface area contributed by atoms with Gasteiger partial charge in [0.25, 0.3) is 0 Å². The average Bonchev–Trinajstić information content (AvgIpc) is 2.54.